The minimum absolute atomic E-state index is 0.0355. The molecule has 0 N–H and O–H groups in total. The van der Waals surface area contributed by atoms with E-state index in [4.69, 9.17) is 0 Å². The van der Waals surface area contributed by atoms with Crippen molar-refractivity contribution in [1.82, 2.24) is 0 Å². The third-order valence-corrected chi connectivity index (χ3v) is 16.1. The van der Waals surface area contributed by atoms with Gasteiger partial charge in [-0.25, -0.2) is 0 Å². The minimum Gasteiger partial charge on any atom is -0.310 e. The molecule has 11 aromatic carbocycles. The predicted octanol–water partition coefficient (Wildman–Crippen LogP) is 19.6. The van der Waals surface area contributed by atoms with E-state index in [9.17, 15) is 0 Å². The monoisotopic (exact) mass is 940 g/mol. The first-order chi connectivity index (χ1) is 35.3. The van der Waals surface area contributed by atoms with E-state index in [-0.39, 0.29) is 10.8 Å². The Balaban J connectivity index is 1.12. The quantitative estimate of drug-likeness (QED) is 0.153. The number of aryl methyl sites for hydroxylation is 2. The Hall–Kier alpha value is -8.20. The molecule has 0 bridgehead atoms. The maximum absolute atomic E-state index is 2.59. The summed E-state index contributed by atoms with van der Waals surface area (Å²) in [7, 11) is 0. The summed E-state index contributed by atoms with van der Waals surface area (Å²) in [5.41, 5.74) is 21.6. The number of hydrogen-bond donors (Lipinski definition) is 0. The van der Waals surface area contributed by atoms with Crippen molar-refractivity contribution in [3.63, 3.8) is 0 Å². The Kier molecular flexibility index (Phi) is 10.1. The van der Waals surface area contributed by atoms with Crippen LogP contribution in [-0.4, -0.2) is 0 Å². The van der Waals surface area contributed by atoms with Gasteiger partial charge in [-0.2, -0.15) is 0 Å². The van der Waals surface area contributed by atoms with Crippen molar-refractivity contribution >= 4 is 66.4 Å². The average molecular weight is 941 g/mol. The van der Waals surface area contributed by atoms with E-state index >= 15 is 0 Å². The van der Waals surface area contributed by atoms with Gasteiger partial charge in [0.15, 0.2) is 0 Å². The lowest BCUT2D eigenvalue weighted by atomic mass is 9.70. The maximum Gasteiger partial charge on any atom is 0.0727 e. The molecule has 0 saturated carbocycles. The van der Waals surface area contributed by atoms with Crippen LogP contribution in [-0.2, 0) is 16.2 Å². The summed E-state index contributed by atoms with van der Waals surface area (Å²) in [6.07, 6.45) is 0. The summed E-state index contributed by atoms with van der Waals surface area (Å²) in [5.74, 6) is 0. The van der Waals surface area contributed by atoms with Gasteiger partial charge in [0, 0.05) is 34.1 Å². The summed E-state index contributed by atoms with van der Waals surface area (Å²) in [6.45, 7) is 18.1. The molecular weight excluding hydrogens is 881 g/mol. The van der Waals surface area contributed by atoms with Crippen LogP contribution in [0.25, 0.3) is 54.6 Å². The molecule has 0 saturated heterocycles. The Morgan fingerprint density at radius 3 is 1.03 bits per heavy atom. The van der Waals surface area contributed by atoms with Crippen LogP contribution in [0.5, 0.6) is 0 Å². The van der Waals surface area contributed by atoms with E-state index in [0.717, 1.165) is 34.1 Å². The Morgan fingerprint density at radius 2 is 0.603 bits per heavy atom. The Bertz CT molecular complexity index is 3820. The number of benzene rings is 11. The fraction of sp³-hybridized carbons (Fsp3) is 0.155. The van der Waals surface area contributed by atoms with Crippen LogP contribution < -0.4 is 9.80 Å². The first-order valence-corrected chi connectivity index (χ1v) is 26.0. The zero-order valence-corrected chi connectivity index (χ0v) is 43.2. The molecule has 0 atom stereocenters. The molecule has 13 rings (SSSR count). The fourth-order valence-electron chi connectivity index (χ4n) is 12.3. The third kappa shape index (κ3) is 6.98. The number of fused-ring (bicyclic) bond motifs is 16. The van der Waals surface area contributed by atoms with E-state index in [1.165, 1.54) is 99.1 Å². The number of hydrogen-bond acceptors (Lipinski definition) is 2. The van der Waals surface area contributed by atoms with Gasteiger partial charge in [-0.15, -0.1) is 0 Å². The van der Waals surface area contributed by atoms with Gasteiger partial charge in [0.1, 0.15) is 0 Å². The molecule has 0 radical (unpaired) electrons. The molecule has 2 nitrogen and oxygen atoms in total. The van der Waals surface area contributed by atoms with Crippen molar-refractivity contribution in [3.8, 4) is 22.3 Å². The molecule has 1 spiro atoms. The van der Waals surface area contributed by atoms with Crippen LogP contribution in [0.1, 0.15) is 86.1 Å². The van der Waals surface area contributed by atoms with Gasteiger partial charge in [-0.3, -0.25) is 0 Å². The van der Waals surface area contributed by atoms with Gasteiger partial charge in [-0.05, 0) is 198 Å². The van der Waals surface area contributed by atoms with Crippen molar-refractivity contribution in [2.45, 2.75) is 71.6 Å². The van der Waals surface area contributed by atoms with Gasteiger partial charge in [0.25, 0.3) is 0 Å². The lowest BCUT2D eigenvalue weighted by Crippen LogP contribution is -2.26. The summed E-state index contributed by atoms with van der Waals surface area (Å²) < 4.78 is 0. The highest BCUT2D eigenvalue weighted by Gasteiger charge is 2.52. The standard InChI is InChI=1S/C71H60N2/c1-45-21-29-49(30-22-45)72(51-33-25-47(26-34-51)69(3,4)5)53-37-39-60-61-40-38-54(73(50-31-23-46(2)24-32-50)52-35-27-48(28-36-52)70(6,7)8)42-67(61)71(66(60)41-53)65-20-14-13-19-59(65)64-43-62-57-17-11-9-15-55(57)56-16-10-12-18-58(56)63(62)44-68(64)71/h9-44H,1-8H3. The number of rotatable bonds is 6. The lowest BCUT2D eigenvalue weighted by Gasteiger charge is -2.33. The second kappa shape index (κ2) is 16.4. The summed E-state index contributed by atoms with van der Waals surface area (Å²) in [6, 6.07) is 83.4. The van der Waals surface area contributed by atoms with Crippen molar-refractivity contribution in [3.05, 3.63) is 263 Å². The molecule has 2 aliphatic carbocycles. The topological polar surface area (TPSA) is 6.48 Å². The van der Waals surface area contributed by atoms with E-state index in [0.29, 0.717) is 0 Å². The highest BCUT2D eigenvalue weighted by Crippen LogP contribution is 2.65. The second-order valence-electron chi connectivity index (χ2n) is 22.7. The van der Waals surface area contributed by atoms with Crippen molar-refractivity contribution in [2.24, 2.45) is 0 Å². The van der Waals surface area contributed by atoms with Crippen LogP contribution in [0.2, 0.25) is 0 Å². The molecule has 2 aliphatic rings. The molecule has 2 heteroatoms. The van der Waals surface area contributed by atoms with Crippen LogP contribution in [0.3, 0.4) is 0 Å². The maximum atomic E-state index is 2.59. The minimum atomic E-state index is -0.659. The summed E-state index contributed by atoms with van der Waals surface area (Å²) in [5, 5.41) is 7.70. The highest BCUT2D eigenvalue weighted by molar-refractivity contribution is 6.26. The van der Waals surface area contributed by atoms with Crippen LogP contribution >= 0.6 is 0 Å². The third-order valence-electron chi connectivity index (χ3n) is 16.1. The van der Waals surface area contributed by atoms with Gasteiger partial charge in [0.2, 0.25) is 0 Å². The smallest absolute Gasteiger partial charge is 0.0727 e. The zero-order chi connectivity index (χ0) is 50.0. The SMILES string of the molecule is Cc1ccc(N(c2ccc(C(C)(C)C)cc2)c2ccc3c(c2)C2(c4ccccc4-c4cc5c6ccccc6c6ccccc6c5cc42)c2cc(N(c4ccc(C)cc4)c4ccc(C(C)(C)C)cc4)ccc2-3)cc1. The molecular formula is C71H60N2. The summed E-state index contributed by atoms with van der Waals surface area (Å²) >= 11 is 0. The van der Waals surface area contributed by atoms with Crippen LogP contribution in [0, 0.1) is 13.8 Å². The second-order valence-corrected chi connectivity index (χ2v) is 22.7. The first-order valence-electron chi connectivity index (χ1n) is 26.0. The average Bonchev–Trinajstić information content (AvgIpc) is 3.88. The van der Waals surface area contributed by atoms with E-state index in [1.807, 2.05) is 0 Å². The van der Waals surface area contributed by atoms with Crippen molar-refractivity contribution in [1.29, 1.82) is 0 Å². The Labute approximate surface area is 430 Å². The van der Waals surface area contributed by atoms with E-state index < -0.39 is 5.41 Å². The van der Waals surface area contributed by atoms with Gasteiger partial charge in [-0.1, -0.05) is 186 Å². The van der Waals surface area contributed by atoms with E-state index in [1.54, 1.807) is 0 Å². The molecule has 73 heavy (non-hydrogen) atoms. The van der Waals surface area contributed by atoms with Crippen LogP contribution in [0.15, 0.2) is 218 Å². The number of anilines is 6. The molecule has 0 amide bonds. The van der Waals surface area contributed by atoms with Crippen molar-refractivity contribution < 1.29 is 0 Å². The summed E-state index contributed by atoms with van der Waals surface area (Å²) in [4.78, 5) is 4.91. The zero-order valence-electron chi connectivity index (χ0n) is 43.2. The molecule has 0 heterocycles. The van der Waals surface area contributed by atoms with E-state index in [2.05, 4.69) is 284 Å². The number of nitrogens with zero attached hydrogens (tertiary/aromatic N) is 2. The molecule has 354 valence electrons. The Morgan fingerprint density at radius 1 is 0.274 bits per heavy atom. The molecule has 11 aromatic rings. The largest absolute Gasteiger partial charge is 0.310 e. The van der Waals surface area contributed by atoms with Gasteiger partial charge in [0.05, 0.1) is 5.41 Å². The predicted molar refractivity (Wildman–Crippen MR) is 311 cm³/mol. The molecule has 0 fully saturated rings. The van der Waals surface area contributed by atoms with Gasteiger partial charge < -0.3 is 9.80 Å². The highest BCUT2D eigenvalue weighted by atomic mass is 15.1. The van der Waals surface area contributed by atoms with Gasteiger partial charge >= 0.3 is 0 Å². The first kappa shape index (κ1) is 44.7. The molecule has 0 aromatic heterocycles. The molecule has 0 unspecified atom stereocenters. The normalized spacial score (nSPS) is 13.3. The fourth-order valence-corrected chi connectivity index (χ4v) is 12.3. The lowest BCUT2D eigenvalue weighted by molar-refractivity contribution is 0.590. The van der Waals surface area contributed by atoms with Crippen LogP contribution in [0.4, 0.5) is 34.1 Å². The molecule has 0 aliphatic heterocycles. The van der Waals surface area contributed by atoms with Crippen molar-refractivity contribution in [2.75, 3.05) is 9.80 Å².